The molecule has 0 bridgehead atoms. The summed E-state index contributed by atoms with van der Waals surface area (Å²) in [5.74, 6) is 0.536. The van der Waals surface area contributed by atoms with Crippen LogP contribution in [0, 0.1) is 0 Å². The molecule has 0 aliphatic carbocycles. The Labute approximate surface area is 122 Å². The van der Waals surface area contributed by atoms with E-state index in [2.05, 4.69) is 15.6 Å². The van der Waals surface area contributed by atoms with Gasteiger partial charge in [0.25, 0.3) is 11.8 Å². The minimum absolute atomic E-state index is 0.0595. The lowest BCUT2D eigenvalue weighted by Gasteiger charge is -2.07. The van der Waals surface area contributed by atoms with E-state index in [4.69, 9.17) is 4.74 Å². The average molecular weight is 285 g/mol. The van der Waals surface area contributed by atoms with Crippen LogP contribution < -0.4 is 15.4 Å². The fraction of sp³-hybridized carbons (Fsp3) is 0.133. The Morgan fingerprint density at radius 3 is 2.52 bits per heavy atom. The number of carbonyl (C=O) groups is 2. The molecule has 2 aromatic rings. The van der Waals surface area contributed by atoms with Crippen LogP contribution in [-0.2, 0) is 4.79 Å². The Morgan fingerprint density at radius 2 is 1.90 bits per heavy atom. The summed E-state index contributed by atoms with van der Waals surface area (Å²) in [4.78, 5) is 27.1. The normalized spacial score (nSPS) is 9.76. The number of carbonyl (C=O) groups excluding carboxylic acids is 2. The standard InChI is InChI=1S/C15H15N3O3/c1-16-14(19)10-21-12-7-5-11(6-8-12)15(20)18-13-4-2-3-9-17-13/h2-9H,10H2,1H3,(H,16,19)(H,17,18,20). The number of rotatable bonds is 5. The molecule has 108 valence electrons. The number of hydrogen-bond acceptors (Lipinski definition) is 4. The van der Waals surface area contributed by atoms with E-state index >= 15 is 0 Å². The van der Waals surface area contributed by atoms with E-state index in [1.165, 1.54) is 7.05 Å². The van der Waals surface area contributed by atoms with E-state index in [1.54, 1.807) is 48.7 Å². The van der Waals surface area contributed by atoms with Gasteiger partial charge in [0.15, 0.2) is 6.61 Å². The van der Waals surface area contributed by atoms with Gasteiger partial charge in [0.1, 0.15) is 11.6 Å². The number of aromatic nitrogens is 1. The Balaban J connectivity index is 1.95. The second kappa shape index (κ2) is 7.04. The van der Waals surface area contributed by atoms with Crippen LogP contribution in [0.4, 0.5) is 5.82 Å². The van der Waals surface area contributed by atoms with Crippen LogP contribution >= 0.6 is 0 Å². The van der Waals surface area contributed by atoms with Crippen molar-refractivity contribution >= 4 is 17.6 Å². The number of ether oxygens (including phenoxy) is 1. The van der Waals surface area contributed by atoms with Crippen LogP contribution in [0.1, 0.15) is 10.4 Å². The van der Waals surface area contributed by atoms with Gasteiger partial charge in [-0.1, -0.05) is 6.07 Å². The first kappa shape index (κ1) is 14.5. The van der Waals surface area contributed by atoms with Crippen LogP contribution in [0.15, 0.2) is 48.7 Å². The molecule has 0 atom stereocenters. The lowest BCUT2D eigenvalue weighted by Crippen LogP contribution is -2.24. The van der Waals surface area contributed by atoms with Gasteiger partial charge in [0.05, 0.1) is 0 Å². The molecule has 0 spiro atoms. The number of benzene rings is 1. The smallest absolute Gasteiger partial charge is 0.257 e. The molecule has 0 saturated carbocycles. The van der Waals surface area contributed by atoms with E-state index in [-0.39, 0.29) is 18.4 Å². The third kappa shape index (κ3) is 4.31. The molecule has 1 aromatic carbocycles. The van der Waals surface area contributed by atoms with Crippen molar-refractivity contribution in [3.8, 4) is 5.75 Å². The molecule has 6 heteroatoms. The van der Waals surface area contributed by atoms with Crippen LogP contribution in [0.5, 0.6) is 5.75 Å². The van der Waals surface area contributed by atoms with Crippen molar-refractivity contribution in [1.82, 2.24) is 10.3 Å². The van der Waals surface area contributed by atoms with Crippen molar-refractivity contribution in [2.75, 3.05) is 19.0 Å². The van der Waals surface area contributed by atoms with Gasteiger partial charge in [0.2, 0.25) is 0 Å². The van der Waals surface area contributed by atoms with Gasteiger partial charge in [-0.2, -0.15) is 0 Å². The van der Waals surface area contributed by atoms with Gasteiger partial charge in [-0.25, -0.2) is 4.98 Å². The highest BCUT2D eigenvalue weighted by Gasteiger charge is 2.07. The van der Waals surface area contributed by atoms with Crippen molar-refractivity contribution in [1.29, 1.82) is 0 Å². The van der Waals surface area contributed by atoms with E-state index in [1.807, 2.05) is 0 Å². The maximum absolute atomic E-state index is 12.0. The molecule has 1 heterocycles. The zero-order valence-electron chi connectivity index (χ0n) is 11.5. The summed E-state index contributed by atoms with van der Waals surface area (Å²) in [6.45, 7) is -0.0595. The third-order valence-corrected chi connectivity index (χ3v) is 2.67. The quantitative estimate of drug-likeness (QED) is 0.871. The predicted octanol–water partition coefficient (Wildman–Crippen LogP) is 1.46. The Morgan fingerprint density at radius 1 is 1.14 bits per heavy atom. The lowest BCUT2D eigenvalue weighted by molar-refractivity contribution is -0.122. The average Bonchev–Trinajstić information content (AvgIpc) is 2.54. The molecule has 0 fully saturated rings. The first-order chi connectivity index (χ1) is 10.2. The van der Waals surface area contributed by atoms with Crippen LogP contribution in [0.2, 0.25) is 0 Å². The number of nitrogens with one attached hydrogen (secondary N) is 2. The molecule has 6 nitrogen and oxygen atoms in total. The van der Waals surface area contributed by atoms with E-state index in [9.17, 15) is 9.59 Å². The minimum Gasteiger partial charge on any atom is -0.484 e. The maximum Gasteiger partial charge on any atom is 0.257 e. The highest BCUT2D eigenvalue weighted by atomic mass is 16.5. The summed E-state index contributed by atoms with van der Waals surface area (Å²) in [6, 6.07) is 11.8. The number of nitrogens with zero attached hydrogens (tertiary/aromatic N) is 1. The number of pyridine rings is 1. The number of amides is 2. The second-order valence-corrected chi connectivity index (χ2v) is 4.16. The third-order valence-electron chi connectivity index (χ3n) is 2.67. The van der Waals surface area contributed by atoms with Gasteiger partial charge < -0.3 is 15.4 Å². The Bertz CT molecular complexity index is 612. The number of hydrogen-bond donors (Lipinski definition) is 2. The molecular weight excluding hydrogens is 270 g/mol. The molecule has 2 rings (SSSR count). The minimum atomic E-state index is -0.258. The molecule has 1 aromatic heterocycles. The number of anilines is 1. The summed E-state index contributed by atoms with van der Waals surface area (Å²) in [6.07, 6.45) is 1.60. The Kier molecular flexibility index (Phi) is 4.87. The van der Waals surface area contributed by atoms with Crippen LogP contribution in [0.3, 0.4) is 0 Å². The molecule has 0 unspecified atom stereocenters. The molecule has 21 heavy (non-hydrogen) atoms. The fourth-order valence-corrected chi connectivity index (χ4v) is 1.55. The Hall–Kier alpha value is -2.89. The van der Waals surface area contributed by atoms with Gasteiger partial charge in [-0.3, -0.25) is 9.59 Å². The predicted molar refractivity (Wildman–Crippen MR) is 78.2 cm³/mol. The van der Waals surface area contributed by atoms with Gasteiger partial charge >= 0.3 is 0 Å². The molecule has 0 aliphatic heterocycles. The molecule has 0 radical (unpaired) electrons. The molecule has 0 saturated heterocycles. The van der Waals surface area contributed by atoms with Gasteiger partial charge in [-0.05, 0) is 36.4 Å². The van der Waals surface area contributed by atoms with Crippen molar-refractivity contribution in [3.63, 3.8) is 0 Å². The van der Waals surface area contributed by atoms with E-state index in [0.29, 0.717) is 17.1 Å². The molecular formula is C15H15N3O3. The monoisotopic (exact) mass is 285 g/mol. The largest absolute Gasteiger partial charge is 0.484 e. The van der Waals surface area contributed by atoms with E-state index < -0.39 is 0 Å². The van der Waals surface area contributed by atoms with Crippen molar-refractivity contribution in [2.45, 2.75) is 0 Å². The lowest BCUT2D eigenvalue weighted by atomic mass is 10.2. The topological polar surface area (TPSA) is 80.3 Å². The van der Waals surface area contributed by atoms with Crippen molar-refractivity contribution in [3.05, 3.63) is 54.2 Å². The zero-order valence-corrected chi connectivity index (χ0v) is 11.5. The molecule has 2 N–H and O–H groups in total. The first-order valence-corrected chi connectivity index (χ1v) is 6.35. The highest BCUT2D eigenvalue weighted by Crippen LogP contribution is 2.13. The summed E-state index contributed by atoms with van der Waals surface area (Å²) >= 11 is 0. The van der Waals surface area contributed by atoms with E-state index in [0.717, 1.165) is 0 Å². The summed E-state index contributed by atoms with van der Waals surface area (Å²) in [5, 5.41) is 5.14. The van der Waals surface area contributed by atoms with Crippen molar-refractivity contribution in [2.24, 2.45) is 0 Å². The SMILES string of the molecule is CNC(=O)COc1ccc(C(=O)Nc2ccccn2)cc1. The maximum atomic E-state index is 12.0. The van der Waals surface area contributed by atoms with Crippen molar-refractivity contribution < 1.29 is 14.3 Å². The molecule has 0 aliphatic rings. The molecule has 2 amide bonds. The van der Waals surface area contributed by atoms with Gasteiger partial charge in [0, 0.05) is 18.8 Å². The second-order valence-electron chi connectivity index (χ2n) is 4.16. The van der Waals surface area contributed by atoms with Gasteiger partial charge in [-0.15, -0.1) is 0 Å². The summed E-state index contributed by atoms with van der Waals surface area (Å²) < 4.78 is 5.26. The summed E-state index contributed by atoms with van der Waals surface area (Å²) in [7, 11) is 1.54. The fourth-order valence-electron chi connectivity index (χ4n) is 1.55. The van der Waals surface area contributed by atoms with Crippen LogP contribution in [-0.4, -0.2) is 30.5 Å². The first-order valence-electron chi connectivity index (χ1n) is 6.35. The zero-order chi connectivity index (χ0) is 15.1. The number of likely N-dealkylation sites (N-methyl/N-ethyl adjacent to an activating group) is 1. The highest BCUT2D eigenvalue weighted by molar-refractivity contribution is 6.03. The summed E-state index contributed by atoms with van der Waals surface area (Å²) in [5.41, 5.74) is 0.480. The van der Waals surface area contributed by atoms with Crippen LogP contribution in [0.25, 0.3) is 0 Å².